The highest BCUT2D eigenvalue weighted by molar-refractivity contribution is 6.40. The van der Waals surface area contributed by atoms with E-state index in [2.05, 4.69) is 5.10 Å². The smallest absolute Gasteiger partial charge is 0.269 e. The van der Waals surface area contributed by atoms with Crippen molar-refractivity contribution in [1.82, 2.24) is 4.90 Å². The molecule has 1 heterocycles. The van der Waals surface area contributed by atoms with Crippen molar-refractivity contribution in [3.63, 3.8) is 0 Å². The Hall–Kier alpha value is -2.17. The second kappa shape index (κ2) is 5.00. The zero-order valence-electron chi connectivity index (χ0n) is 10.5. The minimum atomic E-state index is -0.150. The van der Waals surface area contributed by atoms with E-state index in [9.17, 15) is 9.59 Å². The minimum absolute atomic E-state index is 0.0866. The monoisotopic (exact) mass is 245 g/mol. The molecule has 5 heteroatoms. The normalized spacial score (nSPS) is 15.3. The Kier molecular flexibility index (Phi) is 3.41. The highest BCUT2D eigenvalue weighted by atomic mass is 16.2. The molecular formula is C13H15N3O2. The maximum atomic E-state index is 11.8. The van der Waals surface area contributed by atoms with Gasteiger partial charge in [-0.1, -0.05) is 18.2 Å². The first-order chi connectivity index (χ1) is 8.59. The molecule has 0 unspecified atom stereocenters. The molecule has 0 saturated heterocycles. The Bertz CT molecular complexity index is 494. The van der Waals surface area contributed by atoms with Gasteiger partial charge in [-0.05, 0) is 12.1 Å². The SMILES string of the molecule is CN(C)C(=O)C1=NN(c2ccccc2)C(=O)CC1. The Labute approximate surface area is 106 Å². The Morgan fingerprint density at radius 1 is 1.22 bits per heavy atom. The van der Waals surface area contributed by atoms with E-state index >= 15 is 0 Å². The second-order valence-corrected chi connectivity index (χ2v) is 4.29. The fraction of sp³-hybridized carbons (Fsp3) is 0.308. The molecule has 0 fully saturated rings. The molecule has 1 aromatic rings. The summed E-state index contributed by atoms with van der Waals surface area (Å²) in [5.41, 5.74) is 1.11. The molecule has 18 heavy (non-hydrogen) atoms. The zero-order chi connectivity index (χ0) is 13.1. The van der Waals surface area contributed by atoms with Crippen LogP contribution in [0, 0.1) is 0 Å². The lowest BCUT2D eigenvalue weighted by Gasteiger charge is -2.24. The van der Waals surface area contributed by atoms with Gasteiger partial charge in [0.2, 0.25) is 5.91 Å². The van der Waals surface area contributed by atoms with Crippen molar-refractivity contribution in [3.8, 4) is 0 Å². The van der Waals surface area contributed by atoms with Crippen molar-refractivity contribution in [2.24, 2.45) is 5.10 Å². The number of hydrogen-bond donors (Lipinski definition) is 0. The Morgan fingerprint density at radius 2 is 1.89 bits per heavy atom. The predicted molar refractivity (Wildman–Crippen MR) is 69.3 cm³/mol. The maximum Gasteiger partial charge on any atom is 0.269 e. The minimum Gasteiger partial charge on any atom is -0.344 e. The zero-order valence-corrected chi connectivity index (χ0v) is 10.5. The summed E-state index contributed by atoms with van der Waals surface area (Å²) in [4.78, 5) is 25.1. The summed E-state index contributed by atoms with van der Waals surface area (Å²) in [6, 6.07) is 9.13. The van der Waals surface area contributed by atoms with Gasteiger partial charge in [-0.15, -0.1) is 0 Å². The number of rotatable bonds is 2. The fourth-order valence-corrected chi connectivity index (χ4v) is 1.74. The first kappa shape index (κ1) is 12.3. The molecule has 1 aliphatic heterocycles. The molecule has 5 nitrogen and oxygen atoms in total. The quantitative estimate of drug-likeness (QED) is 0.787. The summed E-state index contributed by atoms with van der Waals surface area (Å²) in [7, 11) is 3.35. The van der Waals surface area contributed by atoms with Crippen LogP contribution in [0.3, 0.4) is 0 Å². The van der Waals surface area contributed by atoms with E-state index in [1.165, 1.54) is 9.91 Å². The number of nitrogens with zero attached hydrogens (tertiary/aromatic N) is 3. The van der Waals surface area contributed by atoms with Crippen molar-refractivity contribution in [3.05, 3.63) is 30.3 Å². The number of benzene rings is 1. The molecule has 1 aromatic carbocycles. The van der Waals surface area contributed by atoms with Gasteiger partial charge in [0.25, 0.3) is 5.91 Å². The molecule has 2 amide bonds. The van der Waals surface area contributed by atoms with Crippen LogP contribution in [0.4, 0.5) is 5.69 Å². The third-order valence-electron chi connectivity index (χ3n) is 2.69. The highest BCUT2D eigenvalue weighted by Gasteiger charge is 2.26. The third kappa shape index (κ3) is 2.40. The number of hydrazone groups is 1. The van der Waals surface area contributed by atoms with Gasteiger partial charge in [0.15, 0.2) is 0 Å². The largest absolute Gasteiger partial charge is 0.344 e. The standard InChI is InChI=1S/C13H15N3O2/c1-15(2)13(18)11-8-9-12(17)16(14-11)10-6-4-3-5-7-10/h3-7H,8-9H2,1-2H3. The topological polar surface area (TPSA) is 53.0 Å². The summed E-state index contributed by atoms with van der Waals surface area (Å²) in [5.74, 6) is -0.236. The van der Waals surface area contributed by atoms with Crippen molar-refractivity contribution in [1.29, 1.82) is 0 Å². The van der Waals surface area contributed by atoms with Gasteiger partial charge in [0.1, 0.15) is 5.71 Å². The lowest BCUT2D eigenvalue weighted by molar-refractivity contribution is -0.122. The van der Waals surface area contributed by atoms with Crippen LogP contribution in [-0.4, -0.2) is 36.5 Å². The van der Waals surface area contributed by atoms with Gasteiger partial charge in [0, 0.05) is 26.9 Å². The first-order valence-electron chi connectivity index (χ1n) is 5.76. The van der Waals surface area contributed by atoms with Crippen LogP contribution in [0.25, 0.3) is 0 Å². The van der Waals surface area contributed by atoms with Crippen molar-refractivity contribution in [2.45, 2.75) is 12.8 Å². The number of anilines is 1. The van der Waals surface area contributed by atoms with Crippen LogP contribution in [0.15, 0.2) is 35.4 Å². The lowest BCUT2D eigenvalue weighted by atomic mass is 10.1. The average molecular weight is 245 g/mol. The Morgan fingerprint density at radius 3 is 2.50 bits per heavy atom. The number of hydrogen-bond acceptors (Lipinski definition) is 3. The van der Waals surface area contributed by atoms with E-state index in [4.69, 9.17) is 0 Å². The van der Waals surface area contributed by atoms with Crippen molar-refractivity contribution >= 4 is 23.2 Å². The van der Waals surface area contributed by atoms with Crippen LogP contribution >= 0.6 is 0 Å². The summed E-state index contributed by atoms with van der Waals surface area (Å²) in [6.07, 6.45) is 0.715. The van der Waals surface area contributed by atoms with E-state index in [1.807, 2.05) is 18.2 Å². The number of carbonyl (C=O) groups is 2. The first-order valence-corrected chi connectivity index (χ1v) is 5.76. The van der Waals surface area contributed by atoms with E-state index < -0.39 is 0 Å². The van der Waals surface area contributed by atoms with Gasteiger partial charge >= 0.3 is 0 Å². The summed E-state index contributed by atoms with van der Waals surface area (Å²) >= 11 is 0. The summed E-state index contributed by atoms with van der Waals surface area (Å²) < 4.78 is 0. The highest BCUT2D eigenvalue weighted by Crippen LogP contribution is 2.19. The average Bonchev–Trinajstić information content (AvgIpc) is 2.39. The van der Waals surface area contributed by atoms with Crippen LogP contribution in [0.1, 0.15) is 12.8 Å². The number of carbonyl (C=O) groups excluding carboxylic acids is 2. The molecule has 0 radical (unpaired) electrons. The molecule has 0 aliphatic carbocycles. The van der Waals surface area contributed by atoms with Gasteiger partial charge < -0.3 is 4.90 Å². The van der Waals surface area contributed by atoms with E-state index in [0.29, 0.717) is 24.2 Å². The molecule has 0 atom stereocenters. The van der Waals surface area contributed by atoms with E-state index in [0.717, 1.165) is 0 Å². The van der Waals surface area contributed by atoms with Crippen LogP contribution in [-0.2, 0) is 9.59 Å². The Balaban J connectivity index is 2.32. The second-order valence-electron chi connectivity index (χ2n) is 4.29. The third-order valence-corrected chi connectivity index (χ3v) is 2.69. The van der Waals surface area contributed by atoms with Crippen molar-refractivity contribution in [2.75, 3.05) is 19.1 Å². The lowest BCUT2D eigenvalue weighted by Crippen LogP contribution is -2.38. The fourth-order valence-electron chi connectivity index (χ4n) is 1.74. The molecule has 0 N–H and O–H groups in total. The van der Waals surface area contributed by atoms with Crippen LogP contribution < -0.4 is 5.01 Å². The van der Waals surface area contributed by atoms with Crippen LogP contribution in [0.5, 0.6) is 0 Å². The maximum absolute atomic E-state index is 11.8. The van der Waals surface area contributed by atoms with Gasteiger partial charge in [-0.2, -0.15) is 5.10 Å². The molecule has 0 bridgehead atoms. The molecule has 94 valence electrons. The number of amides is 2. The van der Waals surface area contributed by atoms with Gasteiger partial charge in [-0.25, -0.2) is 5.01 Å². The predicted octanol–water partition coefficient (Wildman–Crippen LogP) is 1.26. The van der Waals surface area contributed by atoms with E-state index in [1.54, 1.807) is 26.2 Å². The van der Waals surface area contributed by atoms with Gasteiger partial charge in [0.05, 0.1) is 5.69 Å². The molecule has 0 spiro atoms. The van der Waals surface area contributed by atoms with Crippen molar-refractivity contribution < 1.29 is 9.59 Å². The molecular weight excluding hydrogens is 230 g/mol. The summed E-state index contributed by atoms with van der Waals surface area (Å²) in [6.45, 7) is 0. The van der Waals surface area contributed by atoms with E-state index in [-0.39, 0.29) is 11.8 Å². The van der Waals surface area contributed by atoms with Gasteiger partial charge in [-0.3, -0.25) is 9.59 Å². The number of para-hydroxylation sites is 1. The molecule has 0 aromatic heterocycles. The summed E-state index contributed by atoms with van der Waals surface area (Å²) in [5, 5.41) is 5.47. The molecule has 1 aliphatic rings. The van der Waals surface area contributed by atoms with Crippen LogP contribution in [0.2, 0.25) is 0 Å². The molecule has 2 rings (SSSR count). The molecule has 0 saturated carbocycles.